The Bertz CT molecular complexity index is 267. The molecular weight excluding hydrogens is 188 g/mol. The van der Waals surface area contributed by atoms with E-state index in [0.717, 1.165) is 12.0 Å². The lowest BCUT2D eigenvalue weighted by molar-refractivity contribution is 1.32. The van der Waals surface area contributed by atoms with Gasteiger partial charge >= 0.3 is 0 Å². The molecule has 0 aromatic rings. The van der Waals surface area contributed by atoms with Crippen LogP contribution in [0.15, 0.2) is 46.9 Å². The Morgan fingerprint density at radius 1 is 1.29 bits per heavy atom. The maximum Gasteiger partial charge on any atom is -0.00374 e. The Hall–Kier alpha value is -0.690. The zero-order valence-corrected chi connectivity index (χ0v) is 10.4. The van der Waals surface area contributed by atoms with Gasteiger partial charge in [-0.25, -0.2) is 0 Å². The van der Waals surface area contributed by atoms with Crippen LogP contribution < -0.4 is 0 Å². The summed E-state index contributed by atoms with van der Waals surface area (Å²) in [7, 11) is 0. The van der Waals surface area contributed by atoms with Crippen molar-refractivity contribution in [3.63, 3.8) is 0 Å². The Labute approximate surface area is 92.5 Å². The molecule has 0 aromatic carbocycles. The fourth-order valence-corrected chi connectivity index (χ4v) is 1.45. The van der Waals surface area contributed by atoms with Crippen molar-refractivity contribution in [2.45, 2.75) is 27.2 Å². The molecule has 0 N–H and O–H groups in total. The summed E-state index contributed by atoms with van der Waals surface area (Å²) >= 11 is 1.80. The monoisotopic (exact) mass is 208 g/mol. The minimum absolute atomic E-state index is 1.01. The van der Waals surface area contributed by atoms with Crippen LogP contribution in [-0.4, -0.2) is 6.26 Å². The molecule has 0 aromatic heterocycles. The predicted molar refractivity (Wildman–Crippen MR) is 69.6 cm³/mol. The molecule has 14 heavy (non-hydrogen) atoms. The molecule has 0 saturated carbocycles. The van der Waals surface area contributed by atoms with Crippen molar-refractivity contribution in [3.8, 4) is 0 Å². The first kappa shape index (κ1) is 13.3. The van der Waals surface area contributed by atoms with Crippen LogP contribution in [0.1, 0.15) is 27.2 Å². The third kappa shape index (κ3) is 5.13. The molecule has 0 aliphatic heterocycles. The highest BCUT2D eigenvalue weighted by Gasteiger charge is 1.91. The Morgan fingerprint density at radius 3 is 2.36 bits per heavy atom. The molecule has 0 aliphatic rings. The van der Waals surface area contributed by atoms with Crippen LogP contribution in [0.25, 0.3) is 0 Å². The van der Waals surface area contributed by atoms with Gasteiger partial charge in [0.2, 0.25) is 0 Å². The van der Waals surface area contributed by atoms with Gasteiger partial charge in [0.05, 0.1) is 0 Å². The van der Waals surface area contributed by atoms with Gasteiger partial charge in [-0.15, -0.1) is 11.8 Å². The van der Waals surface area contributed by atoms with Crippen molar-refractivity contribution in [1.29, 1.82) is 0 Å². The van der Waals surface area contributed by atoms with Crippen LogP contribution in [-0.2, 0) is 0 Å². The van der Waals surface area contributed by atoms with Crippen LogP contribution >= 0.6 is 11.8 Å². The van der Waals surface area contributed by atoms with E-state index in [1.165, 1.54) is 10.5 Å². The molecule has 0 spiro atoms. The second-order valence-corrected chi connectivity index (χ2v) is 4.00. The van der Waals surface area contributed by atoms with Gasteiger partial charge in [-0.3, -0.25) is 0 Å². The zero-order valence-electron chi connectivity index (χ0n) is 9.63. The molecule has 0 bridgehead atoms. The third-order valence-corrected chi connectivity index (χ3v) is 3.09. The van der Waals surface area contributed by atoms with Crippen molar-refractivity contribution < 1.29 is 0 Å². The van der Waals surface area contributed by atoms with Crippen molar-refractivity contribution in [1.82, 2.24) is 0 Å². The van der Waals surface area contributed by atoms with E-state index in [9.17, 15) is 0 Å². The van der Waals surface area contributed by atoms with Gasteiger partial charge in [0.15, 0.2) is 0 Å². The lowest BCUT2D eigenvalue weighted by atomic mass is 10.1. The van der Waals surface area contributed by atoms with E-state index in [-0.39, 0.29) is 0 Å². The maximum atomic E-state index is 3.99. The molecular formula is C13H20S. The van der Waals surface area contributed by atoms with Gasteiger partial charge in [0.1, 0.15) is 0 Å². The summed E-state index contributed by atoms with van der Waals surface area (Å²) < 4.78 is 0. The second kappa shape index (κ2) is 7.69. The third-order valence-electron chi connectivity index (χ3n) is 2.16. The number of thioether (sulfide) groups is 1. The molecule has 0 saturated heterocycles. The first-order chi connectivity index (χ1) is 6.65. The van der Waals surface area contributed by atoms with Gasteiger partial charge < -0.3 is 0 Å². The molecule has 0 radical (unpaired) electrons. The topological polar surface area (TPSA) is 0 Å². The molecule has 0 fully saturated rings. The summed E-state index contributed by atoms with van der Waals surface area (Å²) in [6.07, 6.45) is 11.6. The maximum absolute atomic E-state index is 3.99. The quantitative estimate of drug-likeness (QED) is 0.589. The lowest BCUT2D eigenvalue weighted by Crippen LogP contribution is -1.78. The molecule has 0 nitrogen and oxygen atoms in total. The number of hydrogen-bond donors (Lipinski definition) is 0. The van der Waals surface area contributed by atoms with E-state index in [4.69, 9.17) is 0 Å². The van der Waals surface area contributed by atoms with E-state index >= 15 is 0 Å². The summed E-state index contributed by atoms with van der Waals surface area (Å²) in [6, 6.07) is 0. The van der Waals surface area contributed by atoms with E-state index in [1.807, 2.05) is 6.92 Å². The van der Waals surface area contributed by atoms with E-state index < -0.39 is 0 Å². The predicted octanol–water partition coefficient (Wildman–Crippen LogP) is 4.72. The van der Waals surface area contributed by atoms with Gasteiger partial charge in [0.25, 0.3) is 0 Å². The summed E-state index contributed by atoms with van der Waals surface area (Å²) in [5.41, 5.74) is 2.34. The highest BCUT2D eigenvalue weighted by Crippen LogP contribution is 2.17. The summed E-state index contributed by atoms with van der Waals surface area (Å²) in [5.74, 6) is 0. The van der Waals surface area contributed by atoms with Crippen molar-refractivity contribution in [2.75, 3.05) is 6.26 Å². The van der Waals surface area contributed by atoms with Gasteiger partial charge in [-0.2, -0.15) is 0 Å². The molecule has 0 atom stereocenters. The summed E-state index contributed by atoms with van der Waals surface area (Å²) in [4.78, 5) is 1.40. The molecule has 0 rings (SSSR count). The molecule has 0 heterocycles. The fraction of sp³-hybridized carbons (Fsp3) is 0.385. The highest BCUT2D eigenvalue weighted by atomic mass is 32.2. The zero-order chi connectivity index (χ0) is 11.0. The average molecular weight is 208 g/mol. The average Bonchev–Trinajstić information content (AvgIpc) is 2.22. The highest BCUT2D eigenvalue weighted by molar-refractivity contribution is 8.02. The van der Waals surface area contributed by atoms with Crippen LogP contribution in [0, 0.1) is 0 Å². The van der Waals surface area contributed by atoms with E-state index in [2.05, 4.69) is 51.0 Å². The van der Waals surface area contributed by atoms with Crippen LogP contribution in [0.3, 0.4) is 0 Å². The molecule has 0 unspecified atom stereocenters. The number of hydrogen-bond acceptors (Lipinski definition) is 1. The Morgan fingerprint density at radius 2 is 1.93 bits per heavy atom. The number of allylic oxidation sites excluding steroid dienone is 7. The van der Waals surface area contributed by atoms with Gasteiger partial charge in [0, 0.05) is 0 Å². The molecule has 78 valence electrons. The van der Waals surface area contributed by atoms with Gasteiger partial charge in [-0.05, 0) is 49.5 Å². The largest absolute Gasteiger partial charge is 0.134 e. The van der Waals surface area contributed by atoms with Crippen molar-refractivity contribution in [2.24, 2.45) is 0 Å². The normalized spacial score (nSPS) is 13.7. The number of rotatable bonds is 5. The fourth-order valence-electron chi connectivity index (χ4n) is 0.953. The van der Waals surface area contributed by atoms with Crippen molar-refractivity contribution in [3.05, 3.63) is 46.9 Å². The Kier molecular flexibility index (Phi) is 7.31. The standard InChI is InChI=1S/C13H20S/c1-6-11(3)12(4)9-8-10-13(7-2)14-5/h6-9H,4,10H2,1-3,5H3. The minimum Gasteiger partial charge on any atom is -0.134 e. The lowest BCUT2D eigenvalue weighted by Gasteiger charge is -2.00. The Balaban J connectivity index is 4.14. The first-order valence-electron chi connectivity index (χ1n) is 4.83. The minimum atomic E-state index is 1.01. The van der Waals surface area contributed by atoms with Crippen molar-refractivity contribution >= 4 is 11.8 Å². The summed E-state index contributed by atoms with van der Waals surface area (Å²) in [6.45, 7) is 10.2. The van der Waals surface area contributed by atoms with E-state index in [1.54, 1.807) is 11.8 Å². The SMILES string of the molecule is C=C(C=CCC(=CC)SC)C(C)=CC. The second-order valence-electron chi connectivity index (χ2n) is 3.06. The molecule has 0 aliphatic carbocycles. The van der Waals surface area contributed by atoms with Crippen LogP contribution in [0.4, 0.5) is 0 Å². The molecule has 1 heteroatoms. The smallest absolute Gasteiger partial charge is 0.00374 e. The van der Waals surface area contributed by atoms with E-state index in [0.29, 0.717) is 0 Å². The first-order valence-corrected chi connectivity index (χ1v) is 6.06. The van der Waals surface area contributed by atoms with Crippen LogP contribution in [0.2, 0.25) is 0 Å². The van der Waals surface area contributed by atoms with Gasteiger partial charge in [-0.1, -0.05) is 30.9 Å². The molecule has 0 amide bonds. The summed E-state index contributed by atoms with van der Waals surface area (Å²) in [5, 5.41) is 0. The van der Waals surface area contributed by atoms with Crippen LogP contribution in [0.5, 0.6) is 0 Å².